The Labute approximate surface area is 187 Å². The summed E-state index contributed by atoms with van der Waals surface area (Å²) in [5.41, 5.74) is -2.57. The lowest BCUT2D eigenvalue weighted by Crippen LogP contribution is -2.41. The summed E-state index contributed by atoms with van der Waals surface area (Å²) in [6.45, 7) is 13.2. The van der Waals surface area contributed by atoms with Crippen LogP contribution >= 0.6 is 0 Å². The number of hydrogen-bond donors (Lipinski definition) is 1. The van der Waals surface area contributed by atoms with E-state index >= 15 is 0 Å². The second-order valence-corrected chi connectivity index (χ2v) is 10.3. The largest absolute Gasteiger partial charge is 0.497 e. The van der Waals surface area contributed by atoms with Gasteiger partial charge in [0.25, 0.3) is 5.91 Å². The minimum absolute atomic E-state index is 0.102. The molecule has 0 aromatic heterocycles. The molecule has 2 amide bonds. The molecule has 0 saturated carbocycles. The minimum atomic E-state index is -1.27. The van der Waals surface area contributed by atoms with Crippen molar-refractivity contribution in [3.05, 3.63) is 29.3 Å². The quantitative estimate of drug-likeness (QED) is 0.714. The Kier molecular flexibility index (Phi) is 6.34. The van der Waals surface area contributed by atoms with Gasteiger partial charge in [0.15, 0.2) is 11.6 Å². The van der Waals surface area contributed by atoms with Crippen molar-refractivity contribution in [2.45, 2.75) is 77.7 Å². The molecule has 2 aliphatic heterocycles. The van der Waals surface area contributed by atoms with E-state index in [-0.39, 0.29) is 18.0 Å². The Hall–Kier alpha value is -2.20. The van der Waals surface area contributed by atoms with E-state index in [1.54, 1.807) is 20.8 Å². The molecular formula is C22H31BF2N2O5. The highest BCUT2D eigenvalue weighted by atomic mass is 19.2. The monoisotopic (exact) mass is 452 g/mol. The SMILES string of the molecule is CC(C)(C)OC(=O)N1CC[C@H](NC(=O)c2ccc(B3OC(C)(C)C(C)(C)O3)c(F)c2F)C1. The van der Waals surface area contributed by atoms with E-state index in [0.717, 1.165) is 0 Å². The Morgan fingerprint density at radius 3 is 2.28 bits per heavy atom. The first kappa shape index (κ1) is 24.4. The number of nitrogens with one attached hydrogen (secondary N) is 1. The standard InChI is InChI=1S/C22H31BF2N2O5/c1-20(2,3)30-19(29)27-11-10-13(12-27)26-18(28)14-8-9-15(17(25)16(14)24)23-31-21(4,5)22(6,7)32-23/h8-9,13H,10-12H2,1-7H3,(H,26,28)/t13-/m0/s1. The average molecular weight is 452 g/mol. The summed E-state index contributed by atoms with van der Waals surface area (Å²) < 4.78 is 46.5. The summed E-state index contributed by atoms with van der Waals surface area (Å²) in [6.07, 6.45) is 0.0133. The zero-order chi connectivity index (χ0) is 24.1. The first-order valence-corrected chi connectivity index (χ1v) is 10.7. The highest BCUT2D eigenvalue weighted by Gasteiger charge is 2.52. The van der Waals surface area contributed by atoms with Crippen molar-refractivity contribution >= 4 is 24.6 Å². The van der Waals surface area contributed by atoms with Gasteiger partial charge in [0.1, 0.15) is 5.60 Å². The highest BCUT2D eigenvalue weighted by Crippen LogP contribution is 2.36. The van der Waals surface area contributed by atoms with Crippen LogP contribution in [0.25, 0.3) is 0 Å². The van der Waals surface area contributed by atoms with Gasteiger partial charge in [0.05, 0.1) is 16.8 Å². The lowest BCUT2D eigenvalue weighted by atomic mass is 9.78. The maximum Gasteiger partial charge on any atom is 0.497 e. The molecule has 1 atom stereocenters. The van der Waals surface area contributed by atoms with Crippen LogP contribution in [0.15, 0.2) is 12.1 Å². The first-order valence-electron chi connectivity index (χ1n) is 10.7. The van der Waals surface area contributed by atoms with Gasteiger partial charge in [0, 0.05) is 24.6 Å². The predicted octanol–water partition coefficient (Wildman–Crippen LogP) is 3.00. The smallest absolute Gasteiger partial charge is 0.444 e. The Morgan fingerprint density at radius 1 is 1.12 bits per heavy atom. The zero-order valence-corrected chi connectivity index (χ0v) is 19.7. The van der Waals surface area contributed by atoms with E-state index in [4.69, 9.17) is 14.0 Å². The van der Waals surface area contributed by atoms with E-state index in [9.17, 15) is 18.4 Å². The number of carbonyl (C=O) groups is 2. The molecule has 2 heterocycles. The first-order chi connectivity index (χ1) is 14.6. The molecule has 10 heteroatoms. The van der Waals surface area contributed by atoms with Crippen LogP contribution in [0.4, 0.5) is 13.6 Å². The highest BCUT2D eigenvalue weighted by molar-refractivity contribution is 6.62. The van der Waals surface area contributed by atoms with Crippen molar-refractivity contribution in [1.29, 1.82) is 0 Å². The molecule has 0 spiro atoms. The Morgan fingerprint density at radius 2 is 1.72 bits per heavy atom. The Bertz CT molecular complexity index is 900. The molecule has 0 radical (unpaired) electrons. The fraction of sp³-hybridized carbons (Fsp3) is 0.636. The van der Waals surface area contributed by atoms with Gasteiger partial charge in [-0.2, -0.15) is 0 Å². The molecule has 1 N–H and O–H groups in total. The number of halogens is 2. The summed E-state index contributed by atoms with van der Waals surface area (Å²) in [5, 5.41) is 2.67. The third kappa shape index (κ3) is 4.91. The van der Waals surface area contributed by atoms with Gasteiger partial charge in [-0.1, -0.05) is 6.07 Å². The molecule has 3 rings (SSSR count). The topological polar surface area (TPSA) is 77.1 Å². The van der Waals surface area contributed by atoms with E-state index in [2.05, 4.69) is 5.32 Å². The lowest BCUT2D eigenvalue weighted by molar-refractivity contribution is 0.00578. The molecule has 32 heavy (non-hydrogen) atoms. The molecule has 7 nitrogen and oxygen atoms in total. The summed E-state index contributed by atoms with van der Waals surface area (Å²) in [6, 6.07) is 2.13. The van der Waals surface area contributed by atoms with E-state index in [0.29, 0.717) is 13.0 Å². The lowest BCUT2D eigenvalue weighted by Gasteiger charge is -2.32. The van der Waals surface area contributed by atoms with Gasteiger partial charge < -0.3 is 24.3 Å². The number of benzene rings is 1. The van der Waals surface area contributed by atoms with E-state index < -0.39 is 53.1 Å². The van der Waals surface area contributed by atoms with Crippen LogP contribution < -0.4 is 10.8 Å². The summed E-state index contributed by atoms with van der Waals surface area (Å²) in [4.78, 5) is 26.3. The molecule has 0 bridgehead atoms. The van der Waals surface area contributed by atoms with E-state index in [1.807, 2.05) is 27.7 Å². The number of carbonyl (C=O) groups excluding carboxylic acids is 2. The third-order valence-electron chi connectivity index (χ3n) is 6.04. The normalized spacial score (nSPS) is 22.2. The molecule has 1 aromatic rings. The van der Waals surface area contributed by atoms with Crippen molar-refractivity contribution in [3.63, 3.8) is 0 Å². The van der Waals surface area contributed by atoms with Gasteiger partial charge in [0.2, 0.25) is 0 Å². The maximum absolute atomic E-state index is 14.8. The van der Waals surface area contributed by atoms with Crippen LogP contribution in [0.2, 0.25) is 0 Å². The molecular weight excluding hydrogens is 421 g/mol. The number of nitrogens with zero attached hydrogens (tertiary/aromatic N) is 1. The number of ether oxygens (including phenoxy) is 1. The molecule has 0 aliphatic carbocycles. The summed E-state index contributed by atoms with van der Waals surface area (Å²) in [5.74, 6) is -3.20. The minimum Gasteiger partial charge on any atom is -0.444 e. The number of amides is 2. The van der Waals surface area contributed by atoms with Crippen molar-refractivity contribution in [1.82, 2.24) is 10.2 Å². The van der Waals surface area contributed by atoms with Crippen molar-refractivity contribution in [3.8, 4) is 0 Å². The van der Waals surface area contributed by atoms with Crippen molar-refractivity contribution < 1.29 is 32.4 Å². The van der Waals surface area contributed by atoms with Crippen LogP contribution in [-0.4, -0.2) is 60.0 Å². The zero-order valence-electron chi connectivity index (χ0n) is 19.7. The number of rotatable bonds is 3. The average Bonchev–Trinajstić information content (AvgIpc) is 3.17. The predicted molar refractivity (Wildman–Crippen MR) is 116 cm³/mol. The second kappa shape index (κ2) is 8.30. The number of likely N-dealkylation sites (tertiary alicyclic amines) is 1. The number of hydrogen-bond acceptors (Lipinski definition) is 5. The van der Waals surface area contributed by atoms with Crippen LogP contribution in [0.5, 0.6) is 0 Å². The van der Waals surface area contributed by atoms with Gasteiger partial charge in [-0.25, -0.2) is 13.6 Å². The van der Waals surface area contributed by atoms with Gasteiger partial charge >= 0.3 is 13.2 Å². The summed E-state index contributed by atoms with van der Waals surface area (Å²) >= 11 is 0. The molecule has 1 aromatic carbocycles. The van der Waals surface area contributed by atoms with Crippen molar-refractivity contribution in [2.75, 3.05) is 13.1 Å². The third-order valence-corrected chi connectivity index (χ3v) is 6.04. The van der Waals surface area contributed by atoms with Gasteiger partial charge in [-0.05, 0) is 61.0 Å². The van der Waals surface area contributed by atoms with Crippen LogP contribution in [0.3, 0.4) is 0 Å². The summed E-state index contributed by atoms with van der Waals surface area (Å²) in [7, 11) is -1.08. The molecule has 2 saturated heterocycles. The molecule has 2 fully saturated rings. The molecule has 0 unspecified atom stereocenters. The van der Waals surface area contributed by atoms with Crippen LogP contribution in [0, 0.1) is 11.6 Å². The second-order valence-electron chi connectivity index (χ2n) is 10.3. The van der Waals surface area contributed by atoms with E-state index in [1.165, 1.54) is 17.0 Å². The van der Waals surface area contributed by atoms with Crippen LogP contribution in [-0.2, 0) is 14.0 Å². The molecule has 2 aliphatic rings. The Balaban J connectivity index is 1.67. The van der Waals surface area contributed by atoms with Gasteiger partial charge in [-0.3, -0.25) is 4.79 Å². The van der Waals surface area contributed by atoms with Crippen molar-refractivity contribution in [2.24, 2.45) is 0 Å². The van der Waals surface area contributed by atoms with Gasteiger partial charge in [-0.15, -0.1) is 0 Å². The fourth-order valence-corrected chi connectivity index (χ4v) is 3.53. The fourth-order valence-electron chi connectivity index (χ4n) is 3.53. The molecule has 176 valence electrons. The maximum atomic E-state index is 14.8. The van der Waals surface area contributed by atoms with Crippen LogP contribution in [0.1, 0.15) is 65.2 Å².